The van der Waals surface area contributed by atoms with Crippen LogP contribution in [0.4, 0.5) is 5.69 Å². The second-order valence-electron chi connectivity index (χ2n) is 1.80. The maximum Gasteiger partial charge on any atom is 0.115 e. The number of rotatable bonds is 1. The molecule has 62 valence electrons. The van der Waals surface area contributed by atoms with Gasteiger partial charge < -0.3 is 10.4 Å². The van der Waals surface area contributed by atoms with Crippen molar-refractivity contribution in [3.8, 4) is 5.75 Å². The predicted molar refractivity (Wildman–Crippen MR) is 49.0 cm³/mol. The van der Waals surface area contributed by atoms with Crippen LogP contribution >= 0.6 is 0 Å². The summed E-state index contributed by atoms with van der Waals surface area (Å²) in [5, 5.41) is 11.8. The van der Waals surface area contributed by atoms with Gasteiger partial charge in [-0.3, -0.25) is 0 Å². The molecular weight excluding hydrogens is 138 g/mol. The Kier molecular flexibility index (Phi) is 4.99. The molecule has 0 fully saturated rings. The Morgan fingerprint density at radius 3 is 1.91 bits per heavy atom. The fourth-order valence-electron chi connectivity index (χ4n) is 0.628. The number of phenolic OH excluding ortho intramolecular Hbond substituents is 1. The maximum atomic E-state index is 8.82. The van der Waals surface area contributed by atoms with E-state index in [4.69, 9.17) is 5.11 Å². The molecule has 0 saturated heterocycles. The summed E-state index contributed by atoms with van der Waals surface area (Å²) in [4.78, 5) is 0. The molecule has 0 aliphatic carbocycles. The van der Waals surface area contributed by atoms with E-state index in [1.54, 1.807) is 12.1 Å². The molecule has 0 aliphatic rings. The van der Waals surface area contributed by atoms with Gasteiger partial charge >= 0.3 is 0 Å². The molecule has 0 bridgehead atoms. The fraction of sp³-hybridized carbons (Fsp3) is 0.333. The van der Waals surface area contributed by atoms with E-state index < -0.39 is 0 Å². The van der Waals surface area contributed by atoms with Gasteiger partial charge in [-0.2, -0.15) is 0 Å². The highest BCUT2D eigenvalue weighted by atomic mass is 16.3. The minimum absolute atomic E-state index is 0.300. The van der Waals surface area contributed by atoms with Gasteiger partial charge in [-0.05, 0) is 24.3 Å². The average molecular weight is 153 g/mol. The first-order valence-corrected chi connectivity index (χ1v) is 3.79. The van der Waals surface area contributed by atoms with E-state index in [2.05, 4.69) is 5.32 Å². The summed E-state index contributed by atoms with van der Waals surface area (Å²) in [7, 11) is 1.84. The molecule has 2 N–H and O–H groups in total. The van der Waals surface area contributed by atoms with Gasteiger partial charge in [0, 0.05) is 12.7 Å². The molecule has 2 nitrogen and oxygen atoms in total. The molecule has 0 heterocycles. The molecule has 1 rings (SSSR count). The molecule has 0 spiro atoms. The third-order valence-electron chi connectivity index (χ3n) is 1.16. The highest BCUT2D eigenvalue weighted by Crippen LogP contribution is 2.12. The summed E-state index contributed by atoms with van der Waals surface area (Å²) in [5.41, 5.74) is 1.01. The minimum atomic E-state index is 0.300. The first kappa shape index (κ1) is 9.82. The van der Waals surface area contributed by atoms with E-state index in [0.717, 1.165) is 5.69 Å². The van der Waals surface area contributed by atoms with Gasteiger partial charge in [0.25, 0.3) is 0 Å². The Balaban J connectivity index is 0.000000461. The van der Waals surface area contributed by atoms with Crippen molar-refractivity contribution in [1.29, 1.82) is 0 Å². The second-order valence-corrected chi connectivity index (χ2v) is 1.80. The zero-order valence-electron chi connectivity index (χ0n) is 7.26. The summed E-state index contributed by atoms with van der Waals surface area (Å²) in [6.07, 6.45) is 0. The Bertz CT molecular complexity index is 181. The number of anilines is 1. The van der Waals surface area contributed by atoms with E-state index in [0.29, 0.717) is 5.75 Å². The monoisotopic (exact) mass is 153 g/mol. The van der Waals surface area contributed by atoms with Gasteiger partial charge in [0.1, 0.15) is 5.75 Å². The zero-order chi connectivity index (χ0) is 8.69. The number of benzene rings is 1. The molecule has 0 aromatic heterocycles. The van der Waals surface area contributed by atoms with Crippen LogP contribution in [-0.2, 0) is 0 Å². The third-order valence-corrected chi connectivity index (χ3v) is 1.16. The van der Waals surface area contributed by atoms with Crippen molar-refractivity contribution in [3.63, 3.8) is 0 Å². The highest BCUT2D eigenvalue weighted by molar-refractivity contribution is 5.45. The maximum absolute atomic E-state index is 8.82. The van der Waals surface area contributed by atoms with E-state index in [1.807, 2.05) is 33.0 Å². The normalized spacial score (nSPS) is 7.91. The lowest BCUT2D eigenvalue weighted by molar-refractivity contribution is 0.475. The molecule has 11 heavy (non-hydrogen) atoms. The zero-order valence-corrected chi connectivity index (χ0v) is 7.26. The summed E-state index contributed by atoms with van der Waals surface area (Å²) >= 11 is 0. The Morgan fingerprint density at radius 1 is 1.09 bits per heavy atom. The van der Waals surface area contributed by atoms with E-state index in [9.17, 15) is 0 Å². The summed E-state index contributed by atoms with van der Waals surface area (Å²) < 4.78 is 0. The highest BCUT2D eigenvalue weighted by Gasteiger charge is 1.85. The Hall–Kier alpha value is -1.18. The number of nitrogens with one attached hydrogen (secondary N) is 1. The molecule has 1 aromatic carbocycles. The topological polar surface area (TPSA) is 32.3 Å². The van der Waals surface area contributed by atoms with Crippen LogP contribution in [0.1, 0.15) is 13.8 Å². The van der Waals surface area contributed by atoms with Crippen molar-refractivity contribution in [2.24, 2.45) is 0 Å². The predicted octanol–water partition coefficient (Wildman–Crippen LogP) is 2.46. The van der Waals surface area contributed by atoms with Crippen molar-refractivity contribution in [2.75, 3.05) is 12.4 Å². The molecule has 0 aliphatic heterocycles. The van der Waals surface area contributed by atoms with Crippen LogP contribution in [0, 0.1) is 0 Å². The van der Waals surface area contributed by atoms with Crippen LogP contribution in [-0.4, -0.2) is 12.2 Å². The summed E-state index contributed by atoms with van der Waals surface area (Å²) in [6, 6.07) is 6.92. The van der Waals surface area contributed by atoms with Crippen molar-refractivity contribution in [2.45, 2.75) is 13.8 Å². The van der Waals surface area contributed by atoms with Gasteiger partial charge in [0.05, 0.1) is 0 Å². The lowest BCUT2D eigenvalue weighted by Crippen LogP contribution is -1.84. The Morgan fingerprint density at radius 2 is 1.55 bits per heavy atom. The Labute approximate surface area is 67.9 Å². The van der Waals surface area contributed by atoms with Gasteiger partial charge in [-0.15, -0.1) is 0 Å². The smallest absolute Gasteiger partial charge is 0.115 e. The van der Waals surface area contributed by atoms with Gasteiger partial charge in [-0.25, -0.2) is 0 Å². The SMILES string of the molecule is CC.CNc1ccc(O)cc1. The number of aromatic hydroxyl groups is 1. The standard InChI is InChI=1S/C7H9NO.C2H6/c1-8-6-2-4-7(9)5-3-6;1-2/h2-5,8-9H,1H3;1-2H3. The van der Waals surface area contributed by atoms with Crippen LogP contribution < -0.4 is 5.32 Å². The molecule has 0 atom stereocenters. The number of phenols is 1. The minimum Gasteiger partial charge on any atom is -0.508 e. The molecule has 2 heteroatoms. The lowest BCUT2D eigenvalue weighted by atomic mass is 10.3. The quantitative estimate of drug-likeness (QED) is 0.607. The van der Waals surface area contributed by atoms with Crippen molar-refractivity contribution in [3.05, 3.63) is 24.3 Å². The first-order chi connectivity index (χ1) is 5.33. The van der Waals surface area contributed by atoms with E-state index >= 15 is 0 Å². The second kappa shape index (κ2) is 5.59. The number of hydrogen-bond acceptors (Lipinski definition) is 2. The van der Waals surface area contributed by atoms with Gasteiger partial charge in [0.15, 0.2) is 0 Å². The van der Waals surface area contributed by atoms with Crippen LogP contribution in [0.25, 0.3) is 0 Å². The number of hydrogen-bond donors (Lipinski definition) is 2. The summed E-state index contributed by atoms with van der Waals surface area (Å²) in [5.74, 6) is 0.300. The molecule has 0 amide bonds. The molecule has 0 unspecified atom stereocenters. The average Bonchev–Trinajstić information content (AvgIpc) is 2.10. The fourth-order valence-corrected chi connectivity index (χ4v) is 0.628. The molecule has 0 saturated carbocycles. The molecule has 0 radical (unpaired) electrons. The van der Waals surface area contributed by atoms with Crippen molar-refractivity contribution < 1.29 is 5.11 Å². The lowest BCUT2D eigenvalue weighted by Gasteiger charge is -1.96. The van der Waals surface area contributed by atoms with Gasteiger partial charge in [0.2, 0.25) is 0 Å². The van der Waals surface area contributed by atoms with Crippen LogP contribution in [0.5, 0.6) is 5.75 Å². The van der Waals surface area contributed by atoms with E-state index in [-0.39, 0.29) is 0 Å². The van der Waals surface area contributed by atoms with E-state index in [1.165, 1.54) is 0 Å². The largest absolute Gasteiger partial charge is 0.508 e. The molecular formula is C9H15NO. The third kappa shape index (κ3) is 3.50. The van der Waals surface area contributed by atoms with Crippen molar-refractivity contribution in [1.82, 2.24) is 0 Å². The van der Waals surface area contributed by atoms with Gasteiger partial charge in [-0.1, -0.05) is 13.8 Å². The van der Waals surface area contributed by atoms with Crippen LogP contribution in [0.3, 0.4) is 0 Å². The summed E-state index contributed by atoms with van der Waals surface area (Å²) in [6.45, 7) is 4.00. The van der Waals surface area contributed by atoms with Crippen LogP contribution in [0.15, 0.2) is 24.3 Å². The van der Waals surface area contributed by atoms with Crippen molar-refractivity contribution >= 4 is 5.69 Å². The molecule has 1 aromatic rings. The first-order valence-electron chi connectivity index (χ1n) is 3.79. The van der Waals surface area contributed by atoms with Crippen LogP contribution in [0.2, 0.25) is 0 Å².